The number of halogens is 1. The lowest BCUT2D eigenvalue weighted by molar-refractivity contribution is 0.220. The molecule has 0 spiro atoms. The van der Waals surface area contributed by atoms with Gasteiger partial charge in [-0.3, -0.25) is 0 Å². The molecule has 0 saturated carbocycles. The highest BCUT2D eigenvalue weighted by molar-refractivity contribution is 9.10. The highest BCUT2D eigenvalue weighted by Gasteiger charge is 2.26. The van der Waals surface area contributed by atoms with Gasteiger partial charge < -0.3 is 14.2 Å². The fraction of sp³-hybridized carbons (Fsp3) is 0.632. The van der Waals surface area contributed by atoms with Crippen molar-refractivity contribution in [1.82, 2.24) is 15.1 Å². The number of hydrogen-bond acceptors (Lipinski definition) is 6. The summed E-state index contributed by atoms with van der Waals surface area (Å²) in [4.78, 5) is 10.9. The average Bonchev–Trinajstić information content (AvgIpc) is 3.14. The molecule has 0 bridgehead atoms. The van der Waals surface area contributed by atoms with Crippen LogP contribution in [0.4, 0.5) is 6.01 Å². The Hall–Kier alpha value is -1.63. The maximum Gasteiger partial charge on any atom is 0.324 e. The highest BCUT2D eigenvalue weighted by atomic mass is 79.9. The van der Waals surface area contributed by atoms with Gasteiger partial charge in [0.05, 0.1) is 12.8 Å². The Balaban J connectivity index is 1.41. The van der Waals surface area contributed by atoms with Crippen molar-refractivity contribution < 1.29 is 9.26 Å². The molecular weight excluding hydrogens is 396 g/mol. The third kappa shape index (κ3) is 4.96. The van der Waals surface area contributed by atoms with Crippen LogP contribution in [0.2, 0.25) is 0 Å². The van der Waals surface area contributed by atoms with Crippen LogP contribution in [-0.4, -0.2) is 34.8 Å². The fourth-order valence-electron chi connectivity index (χ4n) is 3.30. The van der Waals surface area contributed by atoms with Gasteiger partial charge in [-0.1, -0.05) is 25.9 Å². The van der Waals surface area contributed by atoms with Gasteiger partial charge in [0.25, 0.3) is 0 Å². The molecule has 1 aliphatic rings. The molecule has 1 unspecified atom stereocenters. The van der Waals surface area contributed by atoms with E-state index in [2.05, 4.69) is 56.7 Å². The Bertz CT molecular complexity index is 681. The zero-order chi connectivity index (χ0) is 18.5. The van der Waals surface area contributed by atoms with Gasteiger partial charge in [0.2, 0.25) is 0 Å². The van der Waals surface area contributed by atoms with Crippen LogP contribution < -0.4 is 9.64 Å². The fourth-order valence-corrected chi connectivity index (χ4v) is 3.53. The van der Waals surface area contributed by atoms with Crippen LogP contribution in [0, 0.1) is 11.8 Å². The number of rotatable bonds is 7. The van der Waals surface area contributed by atoms with E-state index in [-0.39, 0.29) is 0 Å². The predicted octanol–water partition coefficient (Wildman–Crippen LogP) is 4.67. The smallest absolute Gasteiger partial charge is 0.324 e. The molecule has 1 fully saturated rings. The molecule has 1 aliphatic heterocycles. The topological polar surface area (TPSA) is 64.3 Å². The molecule has 2 aromatic rings. The van der Waals surface area contributed by atoms with Gasteiger partial charge >= 0.3 is 6.01 Å². The summed E-state index contributed by atoms with van der Waals surface area (Å²) in [6.07, 6.45) is 5.11. The molecule has 142 valence electrons. The van der Waals surface area contributed by atoms with E-state index in [9.17, 15) is 0 Å². The van der Waals surface area contributed by atoms with Crippen LogP contribution >= 0.6 is 15.9 Å². The maximum absolute atomic E-state index is 5.81. The minimum atomic E-state index is 0.297. The van der Waals surface area contributed by atoms with E-state index in [1.807, 2.05) is 12.1 Å². The van der Waals surface area contributed by atoms with Crippen LogP contribution in [0.15, 0.2) is 27.5 Å². The zero-order valence-corrected chi connectivity index (χ0v) is 17.3. The van der Waals surface area contributed by atoms with Crippen molar-refractivity contribution in [2.45, 2.75) is 46.0 Å². The molecule has 0 radical (unpaired) electrons. The molecule has 6 nitrogen and oxygen atoms in total. The molecule has 2 aromatic heterocycles. The molecule has 0 N–H and O–H groups in total. The first-order chi connectivity index (χ1) is 12.5. The Morgan fingerprint density at radius 3 is 2.65 bits per heavy atom. The number of aromatic nitrogens is 3. The molecule has 1 saturated heterocycles. The minimum Gasteiger partial charge on any atom is -0.492 e. The number of anilines is 1. The average molecular weight is 423 g/mol. The van der Waals surface area contributed by atoms with Crippen LogP contribution in [0.25, 0.3) is 0 Å². The quantitative estimate of drug-likeness (QED) is 0.603. The maximum atomic E-state index is 5.81. The van der Waals surface area contributed by atoms with E-state index in [0.29, 0.717) is 23.8 Å². The lowest BCUT2D eigenvalue weighted by Gasteiger charge is -2.33. The Morgan fingerprint density at radius 2 is 2.04 bits per heavy atom. The van der Waals surface area contributed by atoms with Gasteiger partial charge in [-0.15, -0.1) is 0 Å². The Labute approximate surface area is 163 Å². The van der Waals surface area contributed by atoms with Crippen LogP contribution in [0.5, 0.6) is 5.75 Å². The number of hydrogen-bond donors (Lipinski definition) is 0. The molecule has 1 atom stereocenters. The summed E-state index contributed by atoms with van der Waals surface area (Å²) in [5.74, 6) is 3.26. The minimum absolute atomic E-state index is 0.297. The van der Waals surface area contributed by atoms with Crippen LogP contribution in [-0.2, 0) is 0 Å². The lowest BCUT2D eigenvalue weighted by Crippen LogP contribution is -2.36. The second-order valence-electron chi connectivity index (χ2n) is 7.35. The van der Waals surface area contributed by atoms with Crippen molar-refractivity contribution in [1.29, 1.82) is 0 Å². The van der Waals surface area contributed by atoms with Crippen LogP contribution in [0.3, 0.4) is 0 Å². The van der Waals surface area contributed by atoms with Crippen LogP contribution in [0.1, 0.15) is 51.8 Å². The second kappa shape index (κ2) is 8.84. The Morgan fingerprint density at radius 1 is 1.27 bits per heavy atom. The number of pyridine rings is 1. The zero-order valence-electron chi connectivity index (χ0n) is 15.7. The van der Waals surface area contributed by atoms with E-state index in [4.69, 9.17) is 9.26 Å². The van der Waals surface area contributed by atoms with Gasteiger partial charge in [0, 0.05) is 19.0 Å². The predicted molar refractivity (Wildman–Crippen MR) is 105 cm³/mol. The molecule has 3 heterocycles. The summed E-state index contributed by atoms with van der Waals surface area (Å²) in [6.45, 7) is 9.17. The number of nitrogens with zero attached hydrogens (tertiary/aromatic N) is 4. The number of piperidine rings is 1. The summed E-state index contributed by atoms with van der Waals surface area (Å²) < 4.78 is 12.1. The summed E-state index contributed by atoms with van der Waals surface area (Å²) in [7, 11) is 0. The summed E-state index contributed by atoms with van der Waals surface area (Å²) in [5, 5.41) is 4.07. The summed E-state index contributed by atoms with van der Waals surface area (Å²) in [6, 6.07) is 4.51. The first-order valence-electron chi connectivity index (χ1n) is 9.36. The second-order valence-corrected chi connectivity index (χ2v) is 8.16. The van der Waals surface area contributed by atoms with E-state index >= 15 is 0 Å². The van der Waals surface area contributed by atoms with Crippen molar-refractivity contribution in [2.75, 3.05) is 24.6 Å². The molecule has 3 rings (SSSR count). The standard InChI is InChI=1S/C19H27BrN4O2/c1-13(2)18-22-19(26-23-18)24-9-6-15(7-10-24)14(3)8-11-25-16-4-5-17(20)21-12-16/h4-5,12-15H,6-11H2,1-3H3. The SMILES string of the molecule is CC(C)c1noc(N2CCC(C(C)CCOc3ccc(Br)nc3)CC2)n1. The van der Waals surface area contributed by atoms with Crippen molar-refractivity contribution in [3.05, 3.63) is 28.8 Å². The third-order valence-electron chi connectivity index (χ3n) is 5.10. The normalized spacial score (nSPS) is 16.9. The highest BCUT2D eigenvalue weighted by Crippen LogP contribution is 2.29. The first kappa shape index (κ1) is 19.1. The molecular formula is C19H27BrN4O2. The van der Waals surface area contributed by atoms with Gasteiger partial charge in [0.15, 0.2) is 5.82 Å². The van der Waals surface area contributed by atoms with Crippen molar-refractivity contribution in [3.63, 3.8) is 0 Å². The molecule has 7 heteroatoms. The Kier molecular flexibility index (Phi) is 6.51. The molecule has 0 amide bonds. The van der Waals surface area contributed by atoms with E-state index in [0.717, 1.165) is 55.1 Å². The van der Waals surface area contributed by atoms with Gasteiger partial charge in [0.1, 0.15) is 10.4 Å². The van der Waals surface area contributed by atoms with Gasteiger partial charge in [-0.25, -0.2) is 4.98 Å². The van der Waals surface area contributed by atoms with E-state index in [1.54, 1.807) is 6.20 Å². The molecule has 26 heavy (non-hydrogen) atoms. The third-order valence-corrected chi connectivity index (χ3v) is 5.57. The largest absolute Gasteiger partial charge is 0.492 e. The number of ether oxygens (including phenoxy) is 1. The van der Waals surface area contributed by atoms with Gasteiger partial charge in [-0.2, -0.15) is 4.98 Å². The summed E-state index contributed by atoms with van der Waals surface area (Å²) >= 11 is 3.33. The van der Waals surface area contributed by atoms with E-state index in [1.165, 1.54) is 0 Å². The van der Waals surface area contributed by atoms with Crippen molar-refractivity contribution in [2.24, 2.45) is 11.8 Å². The van der Waals surface area contributed by atoms with E-state index < -0.39 is 0 Å². The first-order valence-corrected chi connectivity index (χ1v) is 10.1. The summed E-state index contributed by atoms with van der Waals surface area (Å²) in [5.41, 5.74) is 0. The van der Waals surface area contributed by atoms with Crippen molar-refractivity contribution in [3.8, 4) is 5.75 Å². The lowest BCUT2D eigenvalue weighted by atomic mass is 9.84. The van der Waals surface area contributed by atoms with Crippen molar-refractivity contribution >= 4 is 21.9 Å². The monoisotopic (exact) mass is 422 g/mol. The molecule has 0 aromatic carbocycles. The van der Waals surface area contributed by atoms with Gasteiger partial charge in [-0.05, 0) is 59.2 Å². The molecule has 0 aliphatic carbocycles.